The van der Waals surface area contributed by atoms with Gasteiger partial charge in [0.05, 0.1) is 20.4 Å². The average molecular weight is 524 g/mol. The zero-order valence-electron chi connectivity index (χ0n) is 19.6. The van der Waals surface area contributed by atoms with E-state index < -0.39 is 6.10 Å². The van der Waals surface area contributed by atoms with Gasteiger partial charge in [0.2, 0.25) is 5.88 Å². The number of hydrazone groups is 1. The van der Waals surface area contributed by atoms with Crippen LogP contribution in [-0.4, -0.2) is 61.5 Å². The van der Waals surface area contributed by atoms with E-state index in [4.69, 9.17) is 14.2 Å². The summed E-state index contributed by atoms with van der Waals surface area (Å²) < 4.78 is 16.1. The lowest BCUT2D eigenvalue weighted by Gasteiger charge is -2.13. The zero-order valence-corrected chi connectivity index (χ0v) is 21.2. The van der Waals surface area contributed by atoms with Gasteiger partial charge in [0, 0.05) is 12.6 Å². The van der Waals surface area contributed by atoms with E-state index in [2.05, 4.69) is 26.0 Å². The van der Waals surface area contributed by atoms with Crippen LogP contribution in [0.4, 0.5) is 5.82 Å². The molecular weight excluding hydrogens is 493 g/mol. The Balaban J connectivity index is 0.00000306. The Labute approximate surface area is 217 Å². The number of aromatic nitrogens is 2. The van der Waals surface area contributed by atoms with E-state index in [-0.39, 0.29) is 31.4 Å². The monoisotopic (exact) mass is 523 g/mol. The fourth-order valence-corrected chi connectivity index (χ4v) is 2.95. The Morgan fingerprint density at radius 1 is 0.971 bits per heavy atom. The van der Waals surface area contributed by atoms with Crippen molar-refractivity contribution in [3.05, 3.63) is 71.8 Å². The summed E-state index contributed by atoms with van der Waals surface area (Å²) in [5.74, 6) is 2.23. The van der Waals surface area contributed by atoms with Gasteiger partial charge in [-0.05, 0) is 42.3 Å². The van der Waals surface area contributed by atoms with Crippen LogP contribution in [0.25, 0.3) is 0 Å². The van der Waals surface area contributed by atoms with Crippen LogP contribution in [0.3, 0.4) is 0 Å². The molecule has 0 saturated carbocycles. The Morgan fingerprint density at radius 3 is 2.43 bits per heavy atom. The number of benzene rings is 2. The van der Waals surface area contributed by atoms with Gasteiger partial charge in [-0.25, -0.2) is 0 Å². The highest BCUT2D eigenvalue weighted by Gasteiger charge is 2.07. The van der Waals surface area contributed by atoms with Crippen molar-refractivity contribution in [3.8, 4) is 17.4 Å². The van der Waals surface area contributed by atoms with E-state index in [0.29, 0.717) is 36.3 Å². The first kappa shape index (κ1) is 29.9. The Morgan fingerprint density at radius 2 is 1.74 bits per heavy atom. The molecule has 35 heavy (non-hydrogen) atoms. The summed E-state index contributed by atoms with van der Waals surface area (Å²) in [6.45, 7) is 1.21. The molecule has 0 spiro atoms. The second-order valence-corrected chi connectivity index (χ2v) is 7.15. The number of rotatable bonds is 13. The van der Waals surface area contributed by atoms with E-state index in [1.165, 1.54) is 0 Å². The molecule has 190 valence electrons. The minimum absolute atomic E-state index is 0. The van der Waals surface area contributed by atoms with Crippen molar-refractivity contribution in [1.29, 1.82) is 0 Å². The first-order chi connectivity index (χ1) is 16.2. The largest absolute Gasteiger partial charge is 0.493 e. The number of ether oxygens (including phenoxy) is 3. The number of anilines is 1. The Kier molecular flexibility index (Phi) is 14.1. The number of nitrogens with zero attached hydrogens (tertiary/aromatic N) is 3. The van der Waals surface area contributed by atoms with E-state index in [1.807, 2.05) is 48.5 Å². The third-order valence-electron chi connectivity index (χ3n) is 4.67. The van der Waals surface area contributed by atoms with Crippen molar-refractivity contribution >= 4 is 36.8 Å². The van der Waals surface area contributed by atoms with E-state index in [1.54, 1.807) is 32.6 Å². The van der Waals surface area contributed by atoms with Gasteiger partial charge >= 0.3 is 0 Å². The van der Waals surface area contributed by atoms with Gasteiger partial charge in [-0.3, -0.25) is 5.43 Å². The normalized spacial score (nSPS) is 11.2. The van der Waals surface area contributed by atoms with Crippen LogP contribution in [0.1, 0.15) is 11.1 Å². The molecule has 0 radical (unpaired) electrons. The van der Waals surface area contributed by atoms with Crippen molar-refractivity contribution in [2.45, 2.75) is 12.5 Å². The highest BCUT2D eigenvalue weighted by molar-refractivity contribution is 5.85. The molecule has 1 atom stereocenters. The number of hydrogen-bond donors (Lipinski definition) is 3. The second kappa shape index (κ2) is 16.5. The highest BCUT2D eigenvalue weighted by Crippen LogP contribution is 2.27. The number of hydrogen-bond acceptors (Lipinski definition) is 9. The third-order valence-corrected chi connectivity index (χ3v) is 4.67. The van der Waals surface area contributed by atoms with Gasteiger partial charge in [-0.15, -0.1) is 35.0 Å². The molecule has 0 amide bonds. The third kappa shape index (κ3) is 10.4. The summed E-state index contributed by atoms with van der Waals surface area (Å²) in [5.41, 5.74) is 4.90. The second-order valence-electron chi connectivity index (χ2n) is 7.15. The van der Waals surface area contributed by atoms with Crippen LogP contribution in [0.2, 0.25) is 0 Å². The summed E-state index contributed by atoms with van der Waals surface area (Å²) in [5, 5.41) is 25.5. The molecule has 1 aromatic heterocycles. The van der Waals surface area contributed by atoms with E-state index in [9.17, 15) is 5.11 Å². The number of nitrogens with one attached hydrogen (secondary N) is 2. The quantitative estimate of drug-likeness (QED) is 0.178. The van der Waals surface area contributed by atoms with Crippen LogP contribution in [0, 0.1) is 0 Å². The van der Waals surface area contributed by atoms with Crippen molar-refractivity contribution in [1.82, 2.24) is 15.5 Å². The lowest BCUT2D eigenvalue weighted by Crippen LogP contribution is -2.32. The van der Waals surface area contributed by atoms with Crippen LogP contribution in [0.15, 0.2) is 65.8 Å². The molecule has 3 aromatic rings. The van der Waals surface area contributed by atoms with Gasteiger partial charge < -0.3 is 24.6 Å². The molecular formula is C24H31Cl2N5O4. The molecule has 11 heteroatoms. The molecule has 1 heterocycles. The molecule has 0 fully saturated rings. The predicted molar refractivity (Wildman–Crippen MR) is 142 cm³/mol. The molecule has 0 aliphatic carbocycles. The SMILES string of the molecule is COc1ccc(CCNCC(O)COc2ccc(NN=Cc3ccccc3)nn2)cc1OC.Cl.Cl. The highest BCUT2D eigenvalue weighted by atomic mass is 35.5. The molecule has 3 N–H and O–H groups in total. The predicted octanol–water partition coefficient (Wildman–Crippen LogP) is 3.36. The molecule has 1 unspecified atom stereocenters. The lowest BCUT2D eigenvalue weighted by molar-refractivity contribution is 0.103. The maximum atomic E-state index is 10.1. The van der Waals surface area contributed by atoms with Crippen molar-refractivity contribution in [2.24, 2.45) is 5.10 Å². The van der Waals surface area contributed by atoms with Gasteiger partial charge in [-0.2, -0.15) is 5.10 Å². The summed E-state index contributed by atoms with van der Waals surface area (Å²) in [4.78, 5) is 0. The number of aliphatic hydroxyl groups excluding tert-OH is 1. The molecule has 0 aliphatic rings. The smallest absolute Gasteiger partial charge is 0.233 e. The lowest BCUT2D eigenvalue weighted by atomic mass is 10.1. The summed E-state index contributed by atoms with van der Waals surface area (Å²) in [7, 11) is 3.23. The number of halogens is 2. The van der Waals surface area contributed by atoms with Crippen molar-refractivity contribution in [2.75, 3.05) is 39.3 Å². The van der Waals surface area contributed by atoms with Crippen molar-refractivity contribution in [3.63, 3.8) is 0 Å². The van der Waals surface area contributed by atoms with Gasteiger partial charge in [0.15, 0.2) is 17.3 Å². The maximum Gasteiger partial charge on any atom is 0.233 e. The molecule has 0 aliphatic heterocycles. The van der Waals surface area contributed by atoms with E-state index in [0.717, 1.165) is 17.5 Å². The van der Waals surface area contributed by atoms with Gasteiger partial charge in [0.25, 0.3) is 0 Å². The fraction of sp³-hybridized carbons (Fsp3) is 0.292. The molecule has 3 rings (SSSR count). The topological polar surface area (TPSA) is 110 Å². The summed E-state index contributed by atoms with van der Waals surface area (Å²) in [6.07, 6.45) is 1.81. The first-order valence-electron chi connectivity index (χ1n) is 10.6. The Bertz CT molecular complexity index is 1010. The van der Waals surface area contributed by atoms with Crippen LogP contribution >= 0.6 is 24.8 Å². The number of aliphatic hydroxyl groups is 1. The first-order valence-corrected chi connectivity index (χ1v) is 10.6. The van der Waals surface area contributed by atoms with Crippen LogP contribution in [-0.2, 0) is 6.42 Å². The summed E-state index contributed by atoms with van der Waals surface area (Å²) in [6, 6.07) is 18.9. The summed E-state index contributed by atoms with van der Waals surface area (Å²) >= 11 is 0. The zero-order chi connectivity index (χ0) is 23.3. The Hall–Kier alpha value is -3.11. The van der Waals surface area contributed by atoms with Gasteiger partial charge in [0.1, 0.15) is 12.7 Å². The maximum absolute atomic E-state index is 10.1. The van der Waals surface area contributed by atoms with Crippen LogP contribution < -0.4 is 25.0 Å². The molecule has 2 aromatic carbocycles. The number of methoxy groups -OCH3 is 2. The standard InChI is InChI=1S/C24H29N5O4.2ClH/c1-31-21-9-8-18(14-22(21)32-2)12-13-25-16-20(30)17-33-24-11-10-23(28-29-24)27-26-15-19-6-4-3-5-7-19;;/h3-11,14-15,20,25,30H,12-13,16-17H2,1-2H3,(H,27,28);2*1H. The average Bonchev–Trinajstić information content (AvgIpc) is 2.86. The molecule has 9 nitrogen and oxygen atoms in total. The fourth-order valence-electron chi connectivity index (χ4n) is 2.95. The van der Waals surface area contributed by atoms with Crippen LogP contribution in [0.5, 0.6) is 17.4 Å². The van der Waals surface area contributed by atoms with Gasteiger partial charge in [-0.1, -0.05) is 36.4 Å². The van der Waals surface area contributed by atoms with Crippen molar-refractivity contribution < 1.29 is 19.3 Å². The minimum Gasteiger partial charge on any atom is -0.493 e. The molecule has 0 bridgehead atoms. The van der Waals surface area contributed by atoms with E-state index >= 15 is 0 Å². The molecule has 0 saturated heterocycles. The minimum atomic E-state index is -0.675.